The highest BCUT2D eigenvalue weighted by molar-refractivity contribution is 6.09. The van der Waals surface area contributed by atoms with Gasteiger partial charge in [0.2, 0.25) is 0 Å². The van der Waals surface area contributed by atoms with E-state index in [1.165, 1.54) is 0 Å². The molecule has 0 fully saturated rings. The average Bonchev–Trinajstić information content (AvgIpc) is 3.34. The summed E-state index contributed by atoms with van der Waals surface area (Å²) in [5, 5.41) is 3.41. The van der Waals surface area contributed by atoms with Gasteiger partial charge in [-0.2, -0.15) is 0 Å². The molecule has 7 aromatic rings. The minimum absolute atomic E-state index is 0.909. The van der Waals surface area contributed by atoms with E-state index in [2.05, 4.69) is 115 Å². The number of benzene rings is 5. The third-order valence-corrected chi connectivity index (χ3v) is 7.07. The number of anilines is 3. The van der Waals surface area contributed by atoms with Crippen molar-refractivity contribution in [1.29, 1.82) is 0 Å². The molecule has 0 saturated heterocycles. The fourth-order valence-electron chi connectivity index (χ4n) is 5.31. The highest BCUT2D eigenvalue weighted by Crippen LogP contribution is 2.41. The summed E-state index contributed by atoms with van der Waals surface area (Å²) in [5.74, 6) is 0. The predicted molar refractivity (Wildman–Crippen MR) is 154 cm³/mol. The number of furan rings is 1. The largest absolute Gasteiger partial charge is 0.455 e. The summed E-state index contributed by atoms with van der Waals surface area (Å²) in [7, 11) is 0. The lowest BCUT2D eigenvalue weighted by Crippen LogP contribution is -2.11. The van der Waals surface area contributed by atoms with Gasteiger partial charge in [0.1, 0.15) is 11.2 Å². The number of pyridine rings is 1. The van der Waals surface area contributed by atoms with Crippen LogP contribution in [0, 0.1) is 6.92 Å². The minimum atomic E-state index is 0.909. The monoisotopic (exact) mass is 476 g/mol. The maximum atomic E-state index is 6.35. The lowest BCUT2D eigenvalue weighted by molar-refractivity contribution is 0.670. The standard InChI is InChI=1S/C34H24N2O/c1-23-31(20-19-24-11-9-21-35-33(23)24)36(26-12-3-2-4-13-26)27-14-7-10-25(22-27)28-16-8-17-30-29-15-5-6-18-32(29)37-34(28)30/h2-22H,1H3. The van der Waals surface area contributed by atoms with Gasteiger partial charge >= 0.3 is 0 Å². The van der Waals surface area contributed by atoms with Crippen LogP contribution in [0.5, 0.6) is 0 Å². The number of rotatable bonds is 4. The van der Waals surface area contributed by atoms with E-state index < -0.39 is 0 Å². The van der Waals surface area contributed by atoms with E-state index in [0.717, 1.165) is 66.6 Å². The Morgan fingerprint density at radius 1 is 0.649 bits per heavy atom. The second-order valence-corrected chi connectivity index (χ2v) is 9.29. The first-order valence-corrected chi connectivity index (χ1v) is 12.5. The van der Waals surface area contributed by atoms with Crippen LogP contribution in [0.15, 0.2) is 132 Å². The number of hydrogen-bond donors (Lipinski definition) is 0. The van der Waals surface area contributed by atoms with Crippen LogP contribution < -0.4 is 4.90 Å². The van der Waals surface area contributed by atoms with Crippen molar-refractivity contribution >= 4 is 49.9 Å². The van der Waals surface area contributed by atoms with Crippen molar-refractivity contribution in [3.05, 3.63) is 133 Å². The number of aryl methyl sites for hydroxylation is 1. The molecule has 0 aliphatic rings. The van der Waals surface area contributed by atoms with Gasteiger partial charge in [-0.3, -0.25) is 4.98 Å². The number of hydrogen-bond acceptors (Lipinski definition) is 3. The van der Waals surface area contributed by atoms with Crippen LogP contribution in [0.4, 0.5) is 17.1 Å². The Morgan fingerprint density at radius 3 is 2.35 bits per heavy atom. The molecule has 0 aliphatic heterocycles. The summed E-state index contributed by atoms with van der Waals surface area (Å²) in [4.78, 5) is 7.00. The van der Waals surface area contributed by atoms with Gasteiger partial charge in [-0.25, -0.2) is 0 Å². The summed E-state index contributed by atoms with van der Waals surface area (Å²) < 4.78 is 6.35. The van der Waals surface area contributed by atoms with Gasteiger partial charge in [0, 0.05) is 39.3 Å². The van der Waals surface area contributed by atoms with Crippen LogP contribution in [0.25, 0.3) is 44.0 Å². The first-order valence-electron chi connectivity index (χ1n) is 12.5. The molecule has 37 heavy (non-hydrogen) atoms. The van der Waals surface area contributed by atoms with E-state index in [-0.39, 0.29) is 0 Å². The lowest BCUT2D eigenvalue weighted by Gasteiger charge is -2.28. The number of fused-ring (bicyclic) bond motifs is 4. The number of aromatic nitrogens is 1. The van der Waals surface area contributed by atoms with Crippen molar-refractivity contribution < 1.29 is 4.42 Å². The second-order valence-electron chi connectivity index (χ2n) is 9.29. The quantitative estimate of drug-likeness (QED) is 0.253. The first-order chi connectivity index (χ1) is 18.3. The van der Waals surface area contributed by atoms with Gasteiger partial charge in [-0.05, 0) is 60.5 Å². The van der Waals surface area contributed by atoms with Gasteiger partial charge in [-0.15, -0.1) is 0 Å². The van der Waals surface area contributed by atoms with Crippen LogP contribution in [0.2, 0.25) is 0 Å². The first kappa shape index (κ1) is 21.4. The number of para-hydroxylation sites is 3. The lowest BCUT2D eigenvalue weighted by atomic mass is 10.0. The summed E-state index contributed by atoms with van der Waals surface area (Å²) in [6.07, 6.45) is 1.86. The SMILES string of the molecule is Cc1c(N(c2ccccc2)c2cccc(-c3cccc4c3oc3ccccc34)c2)ccc2cccnc12. The van der Waals surface area contributed by atoms with Crippen molar-refractivity contribution in [2.75, 3.05) is 4.90 Å². The molecule has 7 rings (SSSR count). The summed E-state index contributed by atoms with van der Waals surface area (Å²) in [5.41, 5.74) is 9.46. The van der Waals surface area contributed by atoms with Crippen LogP contribution in [0.3, 0.4) is 0 Å². The molecule has 0 atom stereocenters. The molecule has 3 nitrogen and oxygen atoms in total. The normalized spacial score (nSPS) is 11.4. The number of nitrogens with zero attached hydrogens (tertiary/aromatic N) is 2. The van der Waals surface area contributed by atoms with Crippen molar-refractivity contribution in [3.8, 4) is 11.1 Å². The third-order valence-electron chi connectivity index (χ3n) is 7.07. The van der Waals surface area contributed by atoms with Crippen LogP contribution in [-0.4, -0.2) is 4.98 Å². The van der Waals surface area contributed by atoms with Gasteiger partial charge in [0.15, 0.2) is 0 Å². The molecule has 0 saturated carbocycles. The van der Waals surface area contributed by atoms with Gasteiger partial charge < -0.3 is 9.32 Å². The van der Waals surface area contributed by atoms with Crippen molar-refractivity contribution in [1.82, 2.24) is 4.98 Å². The van der Waals surface area contributed by atoms with Gasteiger partial charge in [0.05, 0.1) is 11.2 Å². The van der Waals surface area contributed by atoms with E-state index in [9.17, 15) is 0 Å². The molecule has 0 spiro atoms. The van der Waals surface area contributed by atoms with E-state index >= 15 is 0 Å². The van der Waals surface area contributed by atoms with E-state index in [4.69, 9.17) is 9.40 Å². The fourth-order valence-corrected chi connectivity index (χ4v) is 5.31. The zero-order valence-electron chi connectivity index (χ0n) is 20.4. The summed E-state index contributed by atoms with van der Waals surface area (Å²) in [6.45, 7) is 2.15. The Hall–Kier alpha value is -4.89. The maximum Gasteiger partial charge on any atom is 0.143 e. The van der Waals surface area contributed by atoms with Crippen LogP contribution >= 0.6 is 0 Å². The molecule has 5 aromatic carbocycles. The van der Waals surface area contributed by atoms with Crippen LogP contribution in [0.1, 0.15) is 5.56 Å². The molecule has 0 unspecified atom stereocenters. The molecular weight excluding hydrogens is 452 g/mol. The second kappa shape index (κ2) is 8.65. The van der Waals surface area contributed by atoms with Crippen molar-refractivity contribution in [2.24, 2.45) is 0 Å². The maximum absolute atomic E-state index is 6.35. The highest BCUT2D eigenvalue weighted by atomic mass is 16.3. The molecule has 2 aromatic heterocycles. The topological polar surface area (TPSA) is 29.3 Å². The molecule has 0 bridgehead atoms. The molecular formula is C34H24N2O. The van der Waals surface area contributed by atoms with E-state index in [1.54, 1.807) is 0 Å². The Morgan fingerprint density at radius 2 is 1.43 bits per heavy atom. The zero-order chi connectivity index (χ0) is 24.8. The predicted octanol–water partition coefficient (Wildman–Crippen LogP) is 9.58. The molecule has 0 N–H and O–H groups in total. The molecule has 2 heterocycles. The Kier molecular flexibility index (Phi) is 5.00. The molecule has 0 amide bonds. The van der Waals surface area contributed by atoms with E-state index in [1.807, 2.05) is 24.4 Å². The third kappa shape index (κ3) is 3.56. The Bertz CT molecular complexity index is 1900. The summed E-state index contributed by atoms with van der Waals surface area (Å²) in [6, 6.07) is 42.3. The molecule has 0 aliphatic carbocycles. The minimum Gasteiger partial charge on any atom is -0.455 e. The van der Waals surface area contributed by atoms with E-state index in [0.29, 0.717) is 0 Å². The highest BCUT2D eigenvalue weighted by Gasteiger charge is 2.18. The Balaban J connectivity index is 1.44. The van der Waals surface area contributed by atoms with Crippen LogP contribution in [-0.2, 0) is 0 Å². The smallest absolute Gasteiger partial charge is 0.143 e. The fraction of sp³-hybridized carbons (Fsp3) is 0.0294. The Labute approximate surface area is 215 Å². The molecule has 0 radical (unpaired) electrons. The zero-order valence-corrected chi connectivity index (χ0v) is 20.4. The van der Waals surface area contributed by atoms with Gasteiger partial charge in [0.25, 0.3) is 0 Å². The molecule has 3 heteroatoms. The molecule has 176 valence electrons. The van der Waals surface area contributed by atoms with Gasteiger partial charge in [-0.1, -0.05) is 78.9 Å². The van der Waals surface area contributed by atoms with Crippen molar-refractivity contribution in [2.45, 2.75) is 6.92 Å². The van der Waals surface area contributed by atoms with Crippen molar-refractivity contribution in [3.63, 3.8) is 0 Å². The summed E-state index contributed by atoms with van der Waals surface area (Å²) >= 11 is 0. The average molecular weight is 477 g/mol.